The molecule has 0 aliphatic heterocycles. The van der Waals surface area contributed by atoms with E-state index in [9.17, 15) is 4.79 Å². The third-order valence-corrected chi connectivity index (χ3v) is 4.32. The molecule has 94 valence electrons. The highest BCUT2D eigenvalue weighted by atomic mass is 16.4. The summed E-state index contributed by atoms with van der Waals surface area (Å²) in [5.74, 6) is -0.135. The van der Waals surface area contributed by atoms with Crippen LogP contribution >= 0.6 is 0 Å². The van der Waals surface area contributed by atoms with Crippen LogP contribution in [-0.2, 0) is 4.79 Å². The number of nitrogens with zero attached hydrogens (tertiary/aromatic N) is 1. The summed E-state index contributed by atoms with van der Waals surface area (Å²) < 4.78 is 0. The van der Waals surface area contributed by atoms with Crippen LogP contribution in [0.3, 0.4) is 0 Å². The molecule has 16 heavy (non-hydrogen) atoms. The molecule has 0 saturated heterocycles. The van der Waals surface area contributed by atoms with E-state index < -0.39 is 5.97 Å². The van der Waals surface area contributed by atoms with Gasteiger partial charge in [-0.25, -0.2) is 0 Å². The van der Waals surface area contributed by atoms with E-state index in [1.54, 1.807) is 6.92 Å². The van der Waals surface area contributed by atoms with Crippen molar-refractivity contribution < 1.29 is 9.90 Å². The lowest BCUT2D eigenvalue weighted by Gasteiger charge is -2.38. The third kappa shape index (κ3) is 3.21. The zero-order valence-corrected chi connectivity index (χ0v) is 10.9. The molecule has 0 aromatic heterocycles. The fourth-order valence-corrected chi connectivity index (χ4v) is 2.54. The summed E-state index contributed by atoms with van der Waals surface area (Å²) >= 11 is 0. The summed E-state index contributed by atoms with van der Waals surface area (Å²) in [5.41, 5.74) is 0. The second-order valence-electron chi connectivity index (χ2n) is 5.45. The van der Waals surface area contributed by atoms with Gasteiger partial charge in [0.05, 0.1) is 5.92 Å². The number of carboxylic acid groups (broad SMARTS) is 1. The highest BCUT2D eigenvalue weighted by Gasteiger charge is 2.29. The van der Waals surface area contributed by atoms with Crippen LogP contribution in [0.2, 0.25) is 0 Å². The Morgan fingerprint density at radius 1 is 1.25 bits per heavy atom. The largest absolute Gasteiger partial charge is 0.481 e. The van der Waals surface area contributed by atoms with E-state index in [2.05, 4.69) is 18.9 Å². The van der Waals surface area contributed by atoms with Gasteiger partial charge in [-0.15, -0.1) is 0 Å². The molecule has 3 nitrogen and oxygen atoms in total. The van der Waals surface area contributed by atoms with E-state index in [1.165, 1.54) is 25.7 Å². The zero-order chi connectivity index (χ0) is 12.3. The Kier molecular flexibility index (Phi) is 4.78. The summed E-state index contributed by atoms with van der Waals surface area (Å²) in [5, 5.41) is 9.02. The van der Waals surface area contributed by atoms with Gasteiger partial charge in [-0.05, 0) is 45.6 Å². The molecule has 0 aromatic carbocycles. The number of hydrogen-bond acceptors (Lipinski definition) is 2. The van der Waals surface area contributed by atoms with E-state index in [1.807, 2.05) is 6.92 Å². The molecule has 1 rings (SSSR count). The van der Waals surface area contributed by atoms with Crippen molar-refractivity contribution in [1.82, 2.24) is 4.90 Å². The lowest BCUT2D eigenvalue weighted by molar-refractivity contribution is -0.143. The lowest BCUT2D eigenvalue weighted by Crippen LogP contribution is -2.45. The Morgan fingerprint density at radius 2 is 1.75 bits per heavy atom. The first-order valence-electron chi connectivity index (χ1n) is 6.38. The van der Waals surface area contributed by atoms with E-state index in [4.69, 9.17) is 5.11 Å². The monoisotopic (exact) mass is 227 g/mol. The van der Waals surface area contributed by atoms with E-state index >= 15 is 0 Å². The Labute approximate surface area is 98.8 Å². The van der Waals surface area contributed by atoms with Crippen LogP contribution in [-0.4, -0.2) is 35.1 Å². The minimum absolute atomic E-state index is 0.121. The summed E-state index contributed by atoms with van der Waals surface area (Å²) in [6, 6.07) is 0.698. The Morgan fingerprint density at radius 3 is 2.19 bits per heavy atom. The first-order valence-corrected chi connectivity index (χ1v) is 6.38. The lowest BCUT2D eigenvalue weighted by atomic mass is 9.85. The van der Waals surface area contributed by atoms with Crippen molar-refractivity contribution in [3.63, 3.8) is 0 Å². The predicted molar refractivity (Wildman–Crippen MR) is 65.4 cm³/mol. The zero-order valence-electron chi connectivity index (χ0n) is 10.9. The first kappa shape index (κ1) is 13.5. The van der Waals surface area contributed by atoms with Crippen LogP contribution in [0.15, 0.2) is 0 Å². The van der Waals surface area contributed by atoms with Gasteiger partial charge in [-0.2, -0.15) is 0 Å². The minimum atomic E-state index is -0.691. The number of hydrogen-bond donors (Lipinski definition) is 1. The average molecular weight is 227 g/mol. The van der Waals surface area contributed by atoms with Crippen LogP contribution in [0.5, 0.6) is 0 Å². The topological polar surface area (TPSA) is 40.5 Å². The van der Waals surface area contributed by atoms with Gasteiger partial charge in [-0.3, -0.25) is 9.69 Å². The van der Waals surface area contributed by atoms with Crippen molar-refractivity contribution >= 4 is 5.97 Å². The molecule has 1 saturated carbocycles. The van der Waals surface area contributed by atoms with Gasteiger partial charge in [0, 0.05) is 12.1 Å². The average Bonchev–Trinajstić information content (AvgIpc) is 2.27. The maximum atomic E-state index is 11.0. The molecule has 0 radical (unpaired) electrons. The molecule has 2 atom stereocenters. The van der Waals surface area contributed by atoms with Gasteiger partial charge in [0.1, 0.15) is 0 Å². The summed E-state index contributed by atoms with van der Waals surface area (Å²) in [7, 11) is 2.07. The van der Waals surface area contributed by atoms with Gasteiger partial charge in [0.15, 0.2) is 0 Å². The first-order chi connectivity index (χ1) is 7.43. The second-order valence-corrected chi connectivity index (χ2v) is 5.45. The molecule has 1 aliphatic carbocycles. The van der Waals surface area contributed by atoms with E-state index in [0.29, 0.717) is 6.04 Å². The van der Waals surface area contributed by atoms with Gasteiger partial charge >= 0.3 is 5.97 Å². The molecule has 0 heterocycles. The second kappa shape index (κ2) is 5.67. The summed E-state index contributed by atoms with van der Waals surface area (Å²) in [4.78, 5) is 13.2. The van der Waals surface area contributed by atoms with E-state index in [-0.39, 0.29) is 12.0 Å². The minimum Gasteiger partial charge on any atom is -0.481 e. The molecule has 0 bridgehead atoms. The van der Waals surface area contributed by atoms with Gasteiger partial charge in [0.25, 0.3) is 0 Å². The molecule has 2 unspecified atom stereocenters. The number of carboxylic acids is 1. The third-order valence-electron chi connectivity index (χ3n) is 4.32. The number of rotatable bonds is 4. The van der Waals surface area contributed by atoms with Crippen molar-refractivity contribution in [3.05, 3.63) is 0 Å². The van der Waals surface area contributed by atoms with Crippen molar-refractivity contribution in [3.8, 4) is 0 Å². The van der Waals surface area contributed by atoms with Crippen LogP contribution in [0.1, 0.15) is 46.5 Å². The highest BCUT2D eigenvalue weighted by Crippen LogP contribution is 2.28. The van der Waals surface area contributed by atoms with Gasteiger partial charge < -0.3 is 5.11 Å². The van der Waals surface area contributed by atoms with Crippen LogP contribution in [0.25, 0.3) is 0 Å². The molecule has 1 aliphatic rings. The smallest absolute Gasteiger partial charge is 0.307 e. The van der Waals surface area contributed by atoms with Crippen LogP contribution in [0.4, 0.5) is 0 Å². The van der Waals surface area contributed by atoms with E-state index in [0.717, 1.165) is 5.92 Å². The van der Waals surface area contributed by atoms with Gasteiger partial charge in [-0.1, -0.05) is 13.8 Å². The van der Waals surface area contributed by atoms with Crippen LogP contribution < -0.4 is 0 Å². The van der Waals surface area contributed by atoms with Crippen molar-refractivity contribution in [2.45, 2.75) is 58.5 Å². The number of carbonyl (C=O) groups is 1. The summed E-state index contributed by atoms with van der Waals surface area (Å²) in [6.07, 6.45) is 5.00. The van der Waals surface area contributed by atoms with Gasteiger partial charge in [0.2, 0.25) is 0 Å². The standard InChI is InChI=1S/C13H25NO2/c1-9-5-7-12(8-6-9)14(4)11(3)10(2)13(15)16/h9-12H,5-8H2,1-4H3,(H,15,16). The molecule has 0 amide bonds. The fourth-order valence-electron chi connectivity index (χ4n) is 2.54. The molecule has 0 aromatic rings. The Balaban J connectivity index is 2.50. The predicted octanol–water partition coefficient (Wildman–Crippen LogP) is 2.61. The Hall–Kier alpha value is -0.570. The summed E-state index contributed by atoms with van der Waals surface area (Å²) in [6.45, 7) is 6.13. The molecular formula is C13H25NO2. The molecule has 0 spiro atoms. The fraction of sp³-hybridized carbons (Fsp3) is 0.923. The SMILES string of the molecule is CC1CCC(N(C)C(C)C(C)C(=O)O)CC1. The molecule has 3 heteroatoms. The van der Waals surface area contributed by atoms with Crippen molar-refractivity contribution in [1.29, 1.82) is 0 Å². The maximum Gasteiger partial charge on any atom is 0.307 e. The van der Waals surface area contributed by atoms with Crippen molar-refractivity contribution in [2.24, 2.45) is 11.8 Å². The molecule has 1 fully saturated rings. The number of aliphatic carboxylic acids is 1. The molecule has 1 N–H and O–H groups in total. The maximum absolute atomic E-state index is 11.0. The highest BCUT2D eigenvalue weighted by molar-refractivity contribution is 5.70. The normalized spacial score (nSPS) is 30.1. The van der Waals surface area contributed by atoms with Crippen LogP contribution in [0, 0.1) is 11.8 Å². The Bertz CT molecular complexity index is 234. The molecular weight excluding hydrogens is 202 g/mol. The van der Waals surface area contributed by atoms with Crippen molar-refractivity contribution in [2.75, 3.05) is 7.05 Å². The quantitative estimate of drug-likeness (QED) is 0.802.